The maximum Gasteiger partial charge on any atom is 0.222 e. The van der Waals surface area contributed by atoms with Crippen LogP contribution in [0, 0.1) is 18.6 Å². The minimum atomic E-state index is -0.576. The normalized spacial score (nSPS) is 25.0. The van der Waals surface area contributed by atoms with Gasteiger partial charge in [0.05, 0.1) is 16.4 Å². The molecule has 2 atom stereocenters. The molecule has 2 heterocycles. The van der Waals surface area contributed by atoms with Gasteiger partial charge in [0.1, 0.15) is 11.6 Å². The van der Waals surface area contributed by atoms with Crippen molar-refractivity contribution in [1.82, 2.24) is 0 Å². The van der Waals surface area contributed by atoms with Crippen LogP contribution in [0.15, 0.2) is 43.1 Å². The molecule has 3 heteroatoms. The summed E-state index contributed by atoms with van der Waals surface area (Å²) in [6.45, 7) is 16.8. The molecule has 2 aliphatic rings. The largest absolute Gasteiger partial charge is 0.222 e. The second kappa shape index (κ2) is 6.03. The van der Waals surface area contributed by atoms with Crippen molar-refractivity contribution in [2.45, 2.75) is 70.8 Å². The average molecular weight is 419 g/mol. The van der Waals surface area contributed by atoms with Crippen LogP contribution >= 0.6 is 0 Å². The molecule has 0 fully saturated rings. The van der Waals surface area contributed by atoms with E-state index in [4.69, 9.17) is 0 Å². The molecule has 160 valence electrons. The van der Waals surface area contributed by atoms with Crippen LogP contribution in [0.4, 0.5) is 8.78 Å². The summed E-state index contributed by atoms with van der Waals surface area (Å²) in [5, 5.41) is 1.53. The van der Waals surface area contributed by atoms with Crippen molar-refractivity contribution in [1.29, 1.82) is 0 Å². The number of hydrogen-bond acceptors (Lipinski definition) is 0. The molecule has 0 N–H and O–H groups in total. The van der Waals surface area contributed by atoms with Crippen LogP contribution < -0.4 is 4.57 Å². The molecule has 1 aliphatic heterocycles. The van der Waals surface area contributed by atoms with Crippen molar-refractivity contribution < 1.29 is 13.3 Å². The van der Waals surface area contributed by atoms with Crippen molar-refractivity contribution in [2.75, 3.05) is 0 Å². The molecule has 2 unspecified atom stereocenters. The second-order valence-electron chi connectivity index (χ2n) is 10.0. The van der Waals surface area contributed by atoms with E-state index in [1.54, 1.807) is 13.0 Å². The quantitative estimate of drug-likeness (QED) is 0.319. The topological polar surface area (TPSA) is 3.88 Å². The lowest BCUT2D eigenvalue weighted by Crippen LogP contribution is -2.68. The minimum Gasteiger partial charge on any atom is -0.207 e. The Hall–Kier alpha value is -2.55. The Labute approximate surface area is 183 Å². The Bertz CT molecular complexity index is 1300. The molecule has 0 spiro atoms. The first-order chi connectivity index (χ1) is 14.6. The predicted octanol–water partition coefficient (Wildman–Crippen LogP) is 6.99. The van der Waals surface area contributed by atoms with E-state index in [9.17, 15) is 0 Å². The van der Waals surface area contributed by atoms with Crippen molar-refractivity contribution in [2.24, 2.45) is 0 Å². The van der Waals surface area contributed by atoms with E-state index in [1.807, 2.05) is 24.4 Å². The Morgan fingerprint density at radius 2 is 1.74 bits per heavy atom. The van der Waals surface area contributed by atoms with Gasteiger partial charge in [0.15, 0.2) is 11.7 Å². The van der Waals surface area contributed by atoms with Gasteiger partial charge in [0.2, 0.25) is 5.69 Å². The zero-order valence-corrected chi connectivity index (χ0v) is 19.3. The summed E-state index contributed by atoms with van der Waals surface area (Å²) >= 11 is 0. The van der Waals surface area contributed by atoms with Crippen molar-refractivity contribution in [3.63, 3.8) is 0 Å². The van der Waals surface area contributed by atoms with E-state index in [0.717, 1.165) is 46.2 Å². The number of rotatable bonds is 3. The second-order valence-corrected chi connectivity index (χ2v) is 10.0. The lowest BCUT2D eigenvalue weighted by Gasteiger charge is -2.49. The van der Waals surface area contributed by atoms with Crippen LogP contribution in [-0.4, -0.2) is 0 Å². The minimum absolute atomic E-state index is 0.191. The molecule has 1 aromatic heterocycles. The predicted molar refractivity (Wildman–Crippen MR) is 122 cm³/mol. The lowest BCUT2D eigenvalue weighted by atomic mass is 9.56. The molecule has 2 aromatic carbocycles. The van der Waals surface area contributed by atoms with Crippen LogP contribution in [-0.2, 0) is 16.4 Å². The fraction of sp³-hybridized carbons (Fsp3) is 0.393. The molecule has 0 radical (unpaired) electrons. The molecule has 3 aromatic rings. The van der Waals surface area contributed by atoms with Gasteiger partial charge in [-0.25, -0.2) is 8.78 Å². The van der Waals surface area contributed by atoms with Gasteiger partial charge < -0.3 is 0 Å². The van der Waals surface area contributed by atoms with E-state index in [0.29, 0.717) is 10.9 Å². The number of halogens is 2. The Morgan fingerprint density at radius 3 is 2.35 bits per heavy atom. The third kappa shape index (κ3) is 2.04. The van der Waals surface area contributed by atoms with Crippen LogP contribution in [0.5, 0.6) is 0 Å². The first-order valence-corrected chi connectivity index (χ1v) is 11.3. The zero-order chi connectivity index (χ0) is 22.5. The first kappa shape index (κ1) is 20.4. The Morgan fingerprint density at radius 1 is 1.03 bits per heavy atom. The van der Waals surface area contributed by atoms with Gasteiger partial charge in [-0.1, -0.05) is 46.4 Å². The van der Waals surface area contributed by atoms with Crippen LogP contribution in [0.25, 0.3) is 22.0 Å². The van der Waals surface area contributed by atoms with Crippen molar-refractivity contribution in [3.05, 3.63) is 77.0 Å². The van der Waals surface area contributed by atoms with Gasteiger partial charge in [0.25, 0.3) is 0 Å². The van der Waals surface area contributed by atoms with Gasteiger partial charge in [-0.05, 0) is 49.1 Å². The fourth-order valence-corrected chi connectivity index (χ4v) is 6.70. The Balaban J connectivity index is 2.15. The van der Waals surface area contributed by atoms with E-state index in [2.05, 4.69) is 51.8 Å². The number of nitrogens with zero attached hydrogens (tertiary/aromatic N) is 1. The van der Waals surface area contributed by atoms with E-state index in [-0.39, 0.29) is 17.0 Å². The molecule has 0 saturated heterocycles. The highest BCUT2D eigenvalue weighted by Crippen LogP contribution is 2.58. The van der Waals surface area contributed by atoms with Gasteiger partial charge in [0, 0.05) is 28.9 Å². The third-order valence-corrected chi connectivity index (χ3v) is 8.60. The number of hydrogen-bond donors (Lipinski definition) is 0. The summed E-state index contributed by atoms with van der Waals surface area (Å²) in [7, 11) is 0. The van der Waals surface area contributed by atoms with E-state index >= 15 is 8.78 Å². The molecule has 5 rings (SSSR count). The highest BCUT2D eigenvalue weighted by molar-refractivity contribution is 6.02. The SMILES string of the molecule is C=CC1(CC)[n+]2ccc3c(F)c(C)cc4c3c2-c2c(ccc(F)c2C4(C)C)C1(C)CC. The van der Waals surface area contributed by atoms with Gasteiger partial charge in [-0.15, -0.1) is 0 Å². The van der Waals surface area contributed by atoms with Crippen LogP contribution in [0.2, 0.25) is 0 Å². The zero-order valence-electron chi connectivity index (χ0n) is 19.3. The van der Waals surface area contributed by atoms with E-state index < -0.39 is 11.0 Å². The molecule has 0 saturated carbocycles. The highest BCUT2D eigenvalue weighted by Gasteiger charge is 2.60. The summed E-state index contributed by atoms with van der Waals surface area (Å²) in [5.74, 6) is -0.384. The maximum absolute atomic E-state index is 15.6. The molecular formula is C28H30F2N+. The molecule has 0 amide bonds. The summed E-state index contributed by atoms with van der Waals surface area (Å²) in [5.41, 5.74) is 4.08. The monoisotopic (exact) mass is 418 g/mol. The standard InChI is InChI=1S/C28H30F2N/c1-8-27(7)18-11-12-20(29)23-22(18)25-21-17(13-14-31(25)28(27,9-2)10-3)24(30)16(4)15-19(21)26(23,5)6/h9,11-15H,2,8,10H2,1,3-7H3/q+1. The fourth-order valence-electron chi connectivity index (χ4n) is 6.70. The number of pyridine rings is 1. The highest BCUT2D eigenvalue weighted by atomic mass is 19.1. The number of benzene rings is 2. The maximum atomic E-state index is 15.6. The average Bonchev–Trinajstić information content (AvgIpc) is 2.75. The number of aryl methyl sites for hydroxylation is 1. The van der Waals surface area contributed by atoms with Crippen molar-refractivity contribution >= 4 is 10.8 Å². The summed E-state index contributed by atoms with van der Waals surface area (Å²) < 4.78 is 33.2. The van der Waals surface area contributed by atoms with Crippen LogP contribution in [0.1, 0.15) is 69.7 Å². The van der Waals surface area contributed by atoms with Gasteiger partial charge >= 0.3 is 0 Å². The molecule has 0 bridgehead atoms. The van der Waals surface area contributed by atoms with Crippen LogP contribution in [0.3, 0.4) is 0 Å². The summed E-state index contributed by atoms with van der Waals surface area (Å²) in [4.78, 5) is 0. The number of allylic oxidation sites excluding steroid dienone is 1. The van der Waals surface area contributed by atoms with Gasteiger partial charge in [-0.2, -0.15) is 4.57 Å². The molecule has 1 aliphatic carbocycles. The Kier molecular flexibility index (Phi) is 3.96. The summed E-state index contributed by atoms with van der Waals surface area (Å²) in [6.07, 6.45) is 5.77. The van der Waals surface area contributed by atoms with E-state index in [1.165, 1.54) is 0 Å². The summed E-state index contributed by atoms with van der Waals surface area (Å²) in [6, 6.07) is 7.41. The van der Waals surface area contributed by atoms with Crippen molar-refractivity contribution in [3.8, 4) is 11.3 Å². The first-order valence-electron chi connectivity index (χ1n) is 11.3. The number of aromatic nitrogens is 1. The molecule has 31 heavy (non-hydrogen) atoms. The lowest BCUT2D eigenvalue weighted by molar-refractivity contribution is -0.755. The van der Waals surface area contributed by atoms with Gasteiger partial charge in [-0.3, -0.25) is 0 Å². The smallest absolute Gasteiger partial charge is 0.207 e. The molecular weight excluding hydrogens is 388 g/mol. The third-order valence-electron chi connectivity index (χ3n) is 8.60. The molecule has 1 nitrogen and oxygen atoms in total.